The Morgan fingerprint density at radius 3 is 3.00 bits per heavy atom. The average molecular weight is 267 g/mol. The zero-order valence-corrected chi connectivity index (χ0v) is 11.3. The van der Waals surface area contributed by atoms with Crippen molar-refractivity contribution >= 4 is 17.5 Å². The SMILES string of the molecule is CC(Cc1ccccc1Cl)NC(=O)C1CCNC1. The van der Waals surface area contributed by atoms with Gasteiger partial charge in [-0.05, 0) is 37.9 Å². The number of hydrogen-bond acceptors (Lipinski definition) is 2. The second-order valence-corrected chi connectivity index (χ2v) is 5.30. The monoisotopic (exact) mass is 266 g/mol. The van der Waals surface area contributed by atoms with E-state index in [9.17, 15) is 4.79 Å². The van der Waals surface area contributed by atoms with Crippen LogP contribution in [0.3, 0.4) is 0 Å². The van der Waals surface area contributed by atoms with Crippen LogP contribution in [0.4, 0.5) is 0 Å². The van der Waals surface area contributed by atoms with Gasteiger partial charge in [-0.15, -0.1) is 0 Å². The van der Waals surface area contributed by atoms with Crippen molar-refractivity contribution in [1.29, 1.82) is 0 Å². The maximum atomic E-state index is 11.9. The van der Waals surface area contributed by atoms with Crippen molar-refractivity contribution in [3.63, 3.8) is 0 Å². The molecule has 0 spiro atoms. The molecule has 0 aliphatic carbocycles. The van der Waals surface area contributed by atoms with Crippen LogP contribution in [0.5, 0.6) is 0 Å². The summed E-state index contributed by atoms with van der Waals surface area (Å²) in [7, 11) is 0. The van der Waals surface area contributed by atoms with Crippen LogP contribution in [0, 0.1) is 5.92 Å². The second-order valence-electron chi connectivity index (χ2n) is 4.89. The highest BCUT2D eigenvalue weighted by Crippen LogP contribution is 2.17. The summed E-state index contributed by atoms with van der Waals surface area (Å²) in [6.45, 7) is 3.76. The van der Waals surface area contributed by atoms with Gasteiger partial charge >= 0.3 is 0 Å². The molecule has 1 amide bonds. The lowest BCUT2D eigenvalue weighted by atomic mass is 10.0. The van der Waals surface area contributed by atoms with E-state index < -0.39 is 0 Å². The van der Waals surface area contributed by atoms with Crippen molar-refractivity contribution in [2.24, 2.45) is 5.92 Å². The second kappa shape index (κ2) is 6.21. The third-order valence-corrected chi connectivity index (χ3v) is 3.67. The number of hydrogen-bond donors (Lipinski definition) is 2. The highest BCUT2D eigenvalue weighted by molar-refractivity contribution is 6.31. The Hall–Kier alpha value is -1.06. The van der Waals surface area contributed by atoms with Crippen LogP contribution in [0.2, 0.25) is 5.02 Å². The minimum atomic E-state index is 0.109. The molecule has 0 aromatic heterocycles. The third-order valence-electron chi connectivity index (χ3n) is 3.30. The summed E-state index contributed by atoms with van der Waals surface area (Å²) >= 11 is 6.11. The molecule has 18 heavy (non-hydrogen) atoms. The molecular weight excluding hydrogens is 248 g/mol. The van der Waals surface area contributed by atoms with E-state index in [0.717, 1.165) is 36.5 Å². The van der Waals surface area contributed by atoms with Crippen LogP contribution >= 0.6 is 11.6 Å². The Morgan fingerprint density at radius 1 is 1.56 bits per heavy atom. The number of amides is 1. The van der Waals surface area contributed by atoms with Gasteiger partial charge in [0.25, 0.3) is 0 Å². The molecule has 0 bridgehead atoms. The Balaban J connectivity index is 1.86. The first kappa shape index (κ1) is 13.4. The van der Waals surface area contributed by atoms with Gasteiger partial charge in [0, 0.05) is 17.6 Å². The van der Waals surface area contributed by atoms with E-state index in [0.29, 0.717) is 0 Å². The van der Waals surface area contributed by atoms with Crippen LogP contribution in [-0.4, -0.2) is 25.0 Å². The van der Waals surface area contributed by atoms with Gasteiger partial charge in [-0.1, -0.05) is 29.8 Å². The maximum absolute atomic E-state index is 11.9. The number of benzene rings is 1. The van der Waals surface area contributed by atoms with Crippen LogP contribution in [-0.2, 0) is 11.2 Å². The van der Waals surface area contributed by atoms with E-state index in [-0.39, 0.29) is 17.9 Å². The first-order valence-electron chi connectivity index (χ1n) is 6.41. The standard InChI is InChI=1S/C14H19ClN2O/c1-10(8-11-4-2-3-5-13(11)15)17-14(18)12-6-7-16-9-12/h2-5,10,12,16H,6-9H2,1H3,(H,17,18). The number of halogens is 1. The Kier molecular flexibility index (Phi) is 4.61. The molecule has 98 valence electrons. The topological polar surface area (TPSA) is 41.1 Å². The molecule has 1 aromatic carbocycles. The lowest BCUT2D eigenvalue weighted by Gasteiger charge is -2.17. The van der Waals surface area contributed by atoms with Crippen molar-refractivity contribution in [3.8, 4) is 0 Å². The average Bonchev–Trinajstić information content (AvgIpc) is 2.85. The maximum Gasteiger partial charge on any atom is 0.224 e. The zero-order valence-electron chi connectivity index (χ0n) is 10.6. The van der Waals surface area contributed by atoms with Gasteiger partial charge in [-0.25, -0.2) is 0 Å². The lowest BCUT2D eigenvalue weighted by Crippen LogP contribution is -2.39. The molecule has 2 rings (SSSR count). The number of rotatable bonds is 4. The lowest BCUT2D eigenvalue weighted by molar-refractivity contribution is -0.125. The summed E-state index contributed by atoms with van der Waals surface area (Å²) in [5.41, 5.74) is 1.08. The van der Waals surface area contributed by atoms with Crippen molar-refractivity contribution in [2.75, 3.05) is 13.1 Å². The minimum absolute atomic E-state index is 0.109. The van der Waals surface area contributed by atoms with Gasteiger partial charge in [0.05, 0.1) is 5.92 Å². The molecule has 2 N–H and O–H groups in total. The van der Waals surface area contributed by atoms with E-state index in [4.69, 9.17) is 11.6 Å². The summed E-state index contributed by atoms with van der Waals surface area (Å²) < 4.78 is 0. The van der Waals surface area contributed by atoms with E-state index in [1.54, 1.807) is 0 Å². The summed E-state index contributed by atoms with van der Waals surface area (Å²) in [5.74, 6) is 0.276. The predicted octanol–water partition coefficient (Wildman–Crippen LogP) is 2.00. The molecule has 1 aliphatic heterocycles. The quantitative estimate of drug-likeness (QED) is 0.875. The van der Waals surface area contributed by atoms with Crippen molar-refractivity contribution < 1.29 is 4.79 Å². The summed E-state index contributed by atoms with van der Waals surface area (Å²) in [6.07, 6.45) is 1.70. The molecule has 2 atom stereocenters. The molecule has 1 saturated heterocycles. The smallest absolute Gasteiger partial charge is 0.224 e. The number of nitrogens with one attached hydrogen (secondary N) is 2. The van der Waals surface area contributed by atoms with Gasteiger partial charge in [-0.2, -0.15) is 0 Å². The molecule has 3 nitrogen and oxygen atoms in total. The Labute approximate surface area is 113 Å². The normalized spacial score (nSPS) is 20.7. The molecule has 1 fully saturated rings. The molecular formula is C14H19ClN2O. The van der Waals surface area contributed by atoms with Crippen LogP contribution in [0.1, 0.15) is 18.9 Å². The molecule has 0 saturated carbocycles. The van der Waals surface area contributed by atoms with E-state index >= 15 is 0 Å². The first-order valence-corrected chi connectivity index (χ1v) is 6.79. The van der Waals surface area contributed by atoms with E-state index in [1.165, 1.54) is 0 Å². The van der Waals surface area contributed by atoms with E-state index in [2.05, 4.69) is 10.6 Å². The first-order chi connectivity index (χ1) is 8.66. The van der Waals surface area contributed by atoms with Crippen LogP contribution in [0.25, 0.3) is 0 Å². The highest BCUT2D eigenvalue weighted by Gasteiger charge is 2.23. The molecule has 1 aliphatic rings. The Morgan fingerprint density at radius 2 is 2.33 bits per heavy atom. The predicted molar refractivity (Wildman–Crippen MR) is 73.7 cm³/mol. The summed E-state index contributed by atoms with van der Waals surface area (Å²) in [6, 6.07) is 7.88. The van der Waals surface area contributed by atoms with Crippen LogP contribution in [0.15, 0.2) is 24.3 Å². The van der Waals surface area contributed by atoms with Crippen molar-refractivity contribution in [1.82, 2.24) is 10.6 Å². The molecule has 1 aromatic rings. The van der Waals surface area contributed by atoms with Crippen molar-refractivity contribution in [2.45, 2.75) is 25.8 Å². The Bertz CT molecular complexity index is 416. The van der Waals surface area contributed by atoms with E-state index in [1.807, 2.05) is 31.2 Å². The van der Waals surface area contributed by atoms with Gasteiger partial charge in [0.1, 0.15) is 0 Å². The van der Waals surface area contributed by atoms with Gasteiger partial charge < -0.3 is 10.6 Å². The van der Waals surface area contributed by atoms with Gasteiger partial charge in [0.2, 0.25) is 5.91 Å². The molecule has 2 unspecified atom stereocenters. The fraction of sp³-hybridized carbons (Fsp3) is 0.500. The highest BCUT2D eigenvalue weighted by atomic mass is 35.5. The zero-order chi connectivity index (χ0) is 13.0. The fourth-order valence-electron chi connectivity index (χ4n) is 2.28. The molecule has 0 radical (unpaired) electrons. The molecule has 4 heteroatoms. The van der Waals surface area contributed by atoms with Gasteiger partial charge in [-0.3, -0.25) is 4.79 Å². The van der Waals surface area contributed by atoms with Crippen LogP contribution < -0.4 is 10.6 Å². The summed E-state index contributed by atoms with van der Waals surface area (Å²) in [4.78, 5) is 11.9. The van der Waals surface area contributed by atoms with Gasteiger partial charge in [0.15, 0.2) is 0 Å². The third kappa shape index (κ3) is 3.47. The largest absolute Gasteiger partial charge is 0.353 e. The summed E-state index contributed by atoms with van der Waals surface area (Å²) in [5, 5.41) is 7.03. The number of carbonyl (C=O) groups is 1. The minimum Gasteiger partial charge on any atom is -0.353 e. The van der Waals surface area contributed by atoms with Crippen molar-refractivity contribution in [3.05, 3.63) is 34.9 Å². The number of carbonyl (C=O) groups excluding carboxylic acids is 1. The molecule has 1 heterocycles. The fourth-order valence-corrected chi connectivity index (χ4v) is 2.50.